The predicted molar refractivity (Wildman–Crippen MR) is 213 cm³/mol. The SMILES string of the molecule is CCOc1cc(C(C)(C)C)ncc1C1C[N@@+](CCOC)(N2C(c3ccc(Cl)cc3)=NC(C)C2C)[C@@H](N2C(c3ccc(Cl)cc3)=NC(C)C2C)CN1C=O. The van der Waals surface area contributed by atoms with Crippen molar-refractivity contribution >= 4 is 41.3 Å². The fraction of sp³-hybridized carbons (Fsp3) is 0.512. The van der Waals surface area contributed by atoms with E-state index < -0.39 is 0 Å². The fourth-order valence-corrected chi connectivity index (χ4v) is 8.32. The highest BCUT2D eigenvalue weighted by molar-refractivity contribution is 6.31. The Morgan fingerprint density at radius 1 is 0.906 bits per heavy atom. The van der Waals surface area contributed by atoms with Crippen LogP contribution >= 0.6 is 23.2 Å². The highest BCUT2D eigenvalue weighted by Gasteiger charge is 2.60. The lowest BCUT2D eigenvalue weighted by Crippen LogP contribution is -2.79. The number of carbonyl (C=O) groups is 1. The van der Waals surface area contributed by atoms with Crippen LogP contribution in [0.5, 0.6) is 5.75 Å². The average molecular weight is 764 g/mol. The first-order valence-electron chi connectivity index (χ1n) is 18.7. The van der Waals surface area contributed by atoms with E-state index in [0.717, 1.165) is 46.2 Å². The van der Waals surface area contributed by atoms with Crippen molar-refractivity contribution in [1.82, 2.24) is 19.8 Å². The molecule has 0 spiro atoms. The van der Waals surface area contributed by atoms with Gasteiger partial charge in [0.05, 0.1) is 37.9 Å². The molecule has 1 fully saturated rings. The minimum Gasteiger partial charge on any atom is -0.493 e. The van der Waals surface area contributed by atoms with Gasteiger partial charge in [-0.15, -0.1) is 0 Å². The molecule has 53 heavy (non-hydrogen) atoms. The summed E-state index contributed by atoms with van der Waals surface area (Å²) in [5, 5.41) is 3.82. The molecule has 1 saturated heterocycles. The lowest BCUT2D eigenvalue weighted by atomic mass is 9.90. The van der Waals surface area contributed by atoms with E-state index in [4.69, 9.17) is 47.6 Å². The number of halogens is 2. The standard InChI is InChI=1S/C41H54Cl2N7O3/c1-10-53-36-21-37(41(6,7)8)44-22-34(36)35-24-50(19-20-52-9,49-29(5)27(3)46-40(49)31-13-17-33(43)18-14-31)38(23-47(35)25-51)48-28(4)26(2)45-39(48)30-11-15-32(42)16-12-30/h11-18,21-22,25-29,35,38H,10,19-20,23-24H2,1-9H3/q+1/t26?,27?,28?,29?,35?,38-,50-/m1/s1. The van der Waals surface area contributed by atoms with Gasteiger partial charge < -0.3 is 14.4 Å². The first kappa shape index (κ1) is 39.0. The van der Waals surface area contributed by atoms with Crippen LogP contribution < -0.4 is 4.74 Å². The molecule has 10 nitrogen and oxygen atoms in total. The molecule has 0 radical (unpaired) electrons. The molecule has 3 aromatic rings. The Morgan fingerprint density at radius 2 is 1.49 bits per heavy atom. The van der Waals surface area contributed by atoms with Crippen LogP contribution in [0.2, 0.25) is 10.0 Å². The van der Waals surface area contributed by atoms with Crippen LogP contribution in [0.3, 0.4) is 0 Å². The average Bonchev–Trinajstić information content (AvgIpc) is 3.60. The van der Waals surface area contributed by atoms with Gasteiger partial charge >= 0.3 is 0 Å². The molecule has 12 heteroatoms. The number of nitrogens with zero attached hydrogens (tertiary/aromatic N) is 7. The predicted octanol–water partition coefficient (Wildman–Crippen LogP) is 7.38. The molecule has 5 unspecified atom stereocenters. The van der Waals surface area contributed by atoms with Gasteiger partial charge in [0, 0.05) is 57.2 Å². The van der Waals surface area contributed by atoms with Gasteiger partial charge in [-0.1, -0.05) is 44.0 Å². The molecule has 0 N–H and O–H groups in total. The number of piperazine rings is 1. The van der Waals surface area contributed by atoms with Gasteiger partial charge in [-0.3, -0.25) is 24.7 Å². The minimum atomic E-state index is -0.371. The van der Waals surface area contributed by atoms with Crippen LogP contribution in [-0.4, -0.2) is 113 Å². The maximum atomic E-state index is 13.4. The number of ether oxygens (including phenoxy) is 2. The number of aromatic nitrogens is 1. The summed E-state index contributed by atoms with van der Waals surface area (Å²) in [7, 11) is 1.75. The number of benzene rings is 2. The van der Waals surface area contributed by atoms with Crippen LogP contribution in [0.4, 0.5) is 0 Å². The van der Waals surface area contributed by atoms with E-state index in [1.54, 1.807) is 7.11 Å². The smallest absolute Gasteiger partial charge is 0.210 e. The number of aliphatic imine (C=N–C) groups is 2. The zero-order valence-corrected chi connectivity index (χ0v) is 34.0. The van der Waals surface area contributed by atoms with E-state index in [-0.39, 0.29) is 41.8 Å². The summed E-state index contributed by atoms with van der Waals surface area (Å²) < 4.78 is 12.8. The number of carbonyl (C=O) groups excluding carboxylic acids is 1. The van der Waals surface area contributed by atoms with Gasteiger partial charge in [0.2, 0.25) is 12.6 Å². The Kier molecular flexibility index (Phi) is 11.5. The Hall–Kier alpha value is -3.70. The molecule has 4 heterocycles. The van der Waals surface area contributed by atoms with Crippen molar-refractivity contribution in [3.05, 3.63) is 93.2 Å². The summed E-state index contributed by atoms with van der Waals surface area (Å²) in [6.45, 7) is 19.7. The molecule has 3 aliphatic heterocycles. The number of methoxy groups -OCH3 is 1. The number of amidine groups is 2. The van der Waals surface area contributed by atoms with E-state index in [2.05, 4.69) is 64.4 Å². The molecule has 284 valence electrons. The third-order valence-electron chi connectivity index (χ3n) is 11.2. The maximum absolute atomic E-state index is 13.4. The Labute approximate surface area is 325 Å². The first-order valence-corrected chi connectivity index (χ1v) is 19.4. The van der Waals surface area contributed by atoms with E-state index in [0.29, 0.717) is 47.5 Å². The number of hydrogen-bond acceptors (Lipinski definition) is 8. The first-order chi connectivity index (χ1) is 25.2. The Bertz CT molecular complexity index is 1830. The van der Waals surface area contributed by atoms with Crippen molar-refractivity contribution in [3.8, 4) is 5.75 Å². The van der Waals surface area contributed by atoms with Gasteiger partial charge in [-0.05, 0) is 83.1 Å². The van der Waals surface area contributed by atoms with Crippen LogP contribution in [0.15, 0.2) is 70.8 Å². The molecule has 2 aromatic carbocycles. The number of amides is 1. The summed E-state index contributed by atoms with van der Waals surface area (Å²) in [5.74, 6) is 2.51. The molecule has 6 rings (SSSR count). The topological polar surface area (TPSA) is 82.9 Å². The van der Waals surface area contributed by atoms with E-state index >= 15 is 0 Å². The van der Waals surface area contributed by atoms with Crippen LogP contribution in [0, 0.1) is 0 Å². The summed E-state index contributed by atoms with van der Waals surface area (Å²) in [6.07, 6.45) is 2.63. The van der Waals surface area contributed by atoms with Crippen molar-refractivity contribution in [1.29, 1.82) is 0 Å². The van der Waals surface area contributed by atoms with Crippen molar-refractivity contribution in [3.63, 3.8) is 0 Å². The molecule has 3 aliphatic rings. The number of rotatable bonds is 11. The summed E-state index contributed by atoms with van der Waals surface area (Å²) in [6, 6.07) is 17.5. The Balaban J connectivity index is 1.60. The molecule has 0 aliphatic carbocycles. The quantitative estimate of drug-likeness (QED) is 0.150. The summed E-state index contributed by atoms with van der Waals surface area (Å²) in [5.41, 5.74) is 3.58. The molecule has 7 atom stereocenters. The lowest BCUT2D eigenvalue weighted by Gasteiger charge is -2.59. The second-order valence-corrected chi connectivity index (χ2v) is 16.5. The number of hydrogen-bond donors (Lipinski definition) is 0. The molecular weight excluding hydrogens is 709 g/mol. The summed E-state index contributed by atoms with van der Waals surface area (Å²) in [4.78, 5) is 33.4. The van der Waals surface area contributed by atoms with Gasteiger partial charge in [-0.25, -0.2) is 0 Å². The van der Waals surface area contributed by atoms with Crippen molar-refractivity contribution in [2.45, 2.75) is 97.2 Å². The van der Waals surface area contributed by atoms with E-state index in [9.17, 15) is 4.79 Å². The maximum Gasteiger partial charge on any atom is 0.210 e. The molecule has 0 saturated carbocycles. The second-order valence-electron chi connectivity index (χ2n) is 15.6. The van der Waals surface area contributed by atoms with Gasteiger partial charge in [0.15, 0.2) is 5.84 Å². The lowest BCUT2D eigenvalue weighted by molar-refractivity contribution is -1.06. The van der Waals surface area contributed by atoms with Crippen molar-refractivity contribution in [2.75, 3.05) is 40.0 Å². The molecule has 1 amide bonds. The monoisotopic (exact) mass is 762 g/mol. The Morgan fingerprint density at radius 3 is 2.06 bits per heavy atom. The van der Waals surface area contributed by atoms with Crippen LogP contribution in [0.1, 0.15) is 83.8 Å². The molecular formula is C41H54Cl2N7O3+. The van der Waals surface area contributed by atoms with Gasteiger partial charge in [0.1, 0.15) is 36.8 Å². The summed E-state index contributed by atoms with van der Waals surface area (Å²) >= 11 is 12.8. The van der Waals surface area contributed by atoms with Crippen molar-refractivity contribution < 1.29 is 18.9 Å². The zero-order valence-electron chi connectivity index (χ0n) is 32.5. The third-order valence-corrected chi connectivity index (χ3v) is 11.8. The molecule has 0 bridgehead atoms. The number of pyridine rings is 1. The third kappa shape index (κ3) is 7.40. The minimum absolute atomic E-state index is 0.00229. The largest absolute Gasteiger partial charge is 0.493 e. The van der Waals surface area contributed by atoms with E-state index in [1.165, 1.54) is 0 Å². The number of quaternary nitrogens is 1. The second kappa shape index (κ2) is 15.6. The normalized spacial score (nSPS) is 27.6. The van der Waals surface area contributed by atoms with Gasteiger partial charge in [-0.2, -0.15) is 9.60 Å². The zero-order chi connectivity index (χ0) is 38.2. The highest BCUT2D eigenvalue weighted by atomic mass is 35.5. The van der Waals surface area contributed by atoms with Crippen molar-refractivity contribution in [2.24, 2.45) is 9.98 Å². The molecule has 1 aromatic heterocycles. The van der Waals surface area contributed by atoms with E-state index in [1.807, 2.05) is 66.6 Å². The highest BCUT2D eigenvalue weighted by Crippen LogP contribution is 2.44. The van der Waals surface area contributed by atoms with Gasteiger partial charge in [0.25, 0.3) is 0 Å². The van der Waals surface area contributed by atoms with Crippen LogP contribution in [-0.2, 0) is 14.9 Å². The van der Waals surface area contributed by atoms with Crippen LogP contribution in [0.25, 0.3) is 0 Å². The fourth-order valence-electron chi connectivity index (χ4n) is 8.07.